The minimum absolute atomic E-state index is 0.0808. The molecule has 0 atom stereocenters. The highest BCUT2D eigenvalue weighted by molar-refractivity contribution is 6.29. The third kappa shape index (κ3) is 4.02. The van der Waals surface area contributed by atoms with Crippen molar-refractivity contribution in [3.63, 3.8) is 0 Å². The first-order chi connectivity index (χ1) is 9.95. The van der Waals surface area contributed by atoms with Crippen LogP contribution in [0.1, 0.15) is 13.8 Å². The Balaban J connectivity index is 2.20. The fourth-order valence-electron chi connectivity index (χ4n) is 2.40. The number of anilines is 2. The summed E-state index contributed by atoms with van der Waals surface area (Å²) in [4.78, 5) is 13.6. The predicted octanol–water partition coefficient (Wildman–Crippen LogP) is 2.49. The number of rotatable bonds is 4. The molecule has 1 aliphatic rings. The lowest BCUT2D eigenvalue weighted by molar-refractivity contribution is -0.113. The van der Waals surface area contributed by atoms with Gasteiger partial charge in [0.05, 0.1) is 25.0 Å². The molecule has 0 aliphatic carbocycles. The Morgan fingerprint density at radius 3 is 2.90 bits per heavy atom. The smallest absolute Gasteiger partial charge is 0.239 e. The van der Waals surface area contributed by atoms with Crippen LogP contribution in [-0.2, 0) is 9.53 Å². The van der Waals surface area contributed by atoms with E-state index in [4.69, 9.17) is 21.1 Å². The van der Waals surface area contributed by atoms with Gasteiger partial charge in [-0.25, -0.2) is 0 Å². The van der Waals surface area contributed by atoms with Crippen molar-refractivity contribution in [2.24, 2.45) is 0 Å². The van der Waals surface area contributed by atoms with Gasteiger partial charge >= 0.3 is 0 Å². The third-order valence-electron chi connectivity index (χ3n) is 3.37. The second-order valence-corrected chi connectivity index (χ2v) is 5.86. The maximum Gasteiger partial charge on any atom is 0.239 e. The number of hydrogen-bond acceptors (Lipinski definition) is 4. The van der Waals surface area contributed by atoms with E-state index in [1.165, 1.54) is 0 Å². The molecule has 0 saturated carbocycles. The second-order valence-electron chi connectivity index (χ2n) is 5.60. The lowest BCUT2D eigenvalue weighted by Crippen LogP contribution is -2.48. The van der Waals surface area contributed by atoms with Gasteiger partial charge < -0.3 is 19.7 Å². The average Bonchev–Trinajstić information content (AvgIpc) is 2.46. The molecular formula is C15H21ClN2O3. The molecule has 116 valence electrons. The van der Waals surface area contributed by atoms with Crippen molar-refractivity contribution in [1.29, 1.82) is 0 Å². The molecule has 1 saturated heterocycles. The summed E-state index contributed by atoms with van der Waals surface area (Å²) >= 11 is 5.51. The maximum atomic E-state index is 11.4. The number of amides is 1. The first-order valence-electron chi connectivity index (χ1n) is 6.88. The van der Waals surface area contributed by atoms with Gasteiger partial charge in [0.25, 0.3) is 0 Å². The molecule has 1 heterocycles. The summed E-state index contributed by atoms with van der Waals surface area (Å²) < 4.78 is 11.1. The number of nitrogens with zero attached hydrogens (tertiary/aromatic N) is 1. The molecule has 0 radical (unpaired) electrons. The first kappa shape index (κ1) is 15.9. The molecule has 0 bridgehead atoms. The Bertz CT molecular complexity index is 520. The van der Waals surface area contributed by atoms with E-state index >= 15 is 0 Å². The van der Waals surface area contributed by atoms with Crippen LogP contribution < -0.4 is 15.0 Å². The summed E-state index contributed by atoms with van der Waals surface area (Å²) in [6, 6.07) is 5.72. The van der Waals surface area contributed by atoms with Crippen LogP contribution in [-0.4, -0.2) is 44.2 Å². The van der Waals surface area contributed by atoms with Crippen molar-refractivity contribution in [2.45, 2.75) is 19.4 Å². The van der Waals surface area contributed by atoms with Crippen LogP contribution in [0.15, 0.2) is 18.2 Å². The number of alkyl halides is 1. The highest BCUT2D eigenvalue weighted by Crippen LogP contribution is 2.31. The first-order valence-corrected chi connectivity index (χ1v) is 7.41. The van der Waals surface area contributed by atoms with Crippen molar-refractivity contribution in [3.8, 4) is 5.75 Å². The molecule has 1 fully saturated rings. The van der Waals surface area contributed by atoms with E-state index < -0.39 is 0 Å². The van der Waals surface area contributed by atoms with E-state index in [2.05, 4.69) is 24.1 Å². The van der Waals surface area contributed by atoms with Gasteiger partial charge in [0.2, 0.25) is 5.91 Å². The van der Waals surface area contributed by atoms with Crippen LogP contribution in [0, 0.1) is 0 Å². The number of ether oxygens (including phenoxy) is 2. The number of nitrogens with one attached hydrogen (secondary N) is 1. The van der Waals surface area contributed by atoms with Gasteiger partial charge in [-0.15, -0.1) is 11.6 Å². The number of carbonyl (C=O) groups is 1. The number of methoxy groups -OCH3 is 1. The van der Waals surface area contributed by atoms with Crippen molar-refractivity contribution < 1.29 is 14.3 Å². The SMILES string of the molecule is COc1cc(N2CCOC(C)(C)C2)ccc1NC(=O)CCl. The Morgan fingerprint density at radius 2 is 2.29 bits per heavy atom. The van der Waals surface area contributed by atoms with Gasteiger partial charge in [0, 0.05) is 24.8 Å². The lowest BCUT2D eigenvalue weighted by Gasteiger charge is -2.39. The monoisotopic (exact) mass is 312 g/mol. The van der Waals surface area contributed by atoms with Crippen LogP contribution in [0.2, 0.25) is 0 Å². The van der Waals surface area contributed by atoms with Crippen LogP contribution in [0.5, 0.6) is 5.75 Å². The quantitative estimate of drug-likeness (QED) is 0.868. The normalized spacial score (nSPS) is 17.4. The number of halogens is 1. The molecule has 2 rings (SSSR count). The fourth-order valence-corrected chi connectivity index (χ4v) is 2.47. The Morgan fingerprint density at radius 1 is 1.52 bits per heavy atom. The highest BCUT2D eigenvalue weighted by atomic mass is 35.5. The van der Waals surface area contributed by atoms with Crippen LogP contribution in [0.25, 0.3) is 0 Å². The van der Waals surface area contributed by atoms with Crippen molar-refractivity contribution in [1.82, 2.24) is 0 Å². The molecule has 6 heteroatoms. The Hall–Kier alpha value is -1.46. The summed E-state index contributed by atoms with van der Waals surface area (Å²) in [6.45, 7) is 6.49. The molecule has 1 N–H and O–H groups in total. The Kier molecular flexibility index (Phi) is 4.96. The number of morpholine rings is 1. The number of carbonyl (C=O) groups excluding carboxylic acids is 1. The van der Waals surface area contributed by atoms with E-state index in [0.29, 0.717) is 18.0 Å². The molecule has 1 aliphatic heterocycles. The summed E-state index contributed by atoms with van der Waals surface area (Å²) in [5, 5.41) is 2.72. The maximum absolute atomic E-state index is 11.4. The summed E-state index contributed by atoms with van der Waals surface area (Å²) in [7, 11) is 1.58. The summed E-state index contributed by atoms with van der Waals surface area (Å²) in [5.74, 6) is 0.285. The fraction of sp³-hybridized carbons (Fsp3) is 0.533. The lowest BCUT2D eigenvalue weighted by atomic mass is 10.1. The second kappa shape index (κ2) is 6.54. The predicted molar refractivity (Wildman–Crippen MR) is 84.6 cm³/mol. The van der Waals surface area contributed by atoms with Crippen molar-refractivity contribution in [3.05, 3.63) is 18.2 Å². The molecule has 0 spiro atoms. The molecule has 1 aromatic carbocycles. The number of benzene rings is 1. The Labute approximate surface area is 130 Å². The van der Waals surface area contributed by atoms with Crippen molar-refractivity contribution in [2.75, 3.05) is 42.9 Å². The molecule has 1 amide bonds. The molecule has 21 heavy (non-hydrogen) atoms. The van der Waals surface area contributed by atoms with Gasteiger partial charge in [0.1, 0.15) is 11.6 Å². The van der Waals surface area contributed by atoms with E-state index in [-0.39, 0.29) is 17.4 Å². The molecule has 0 aromatic heterocycles. The zero-order valence-electron chi connectivity index (χ0n) is 12.6. The molecule has 5 nitrogen and oxygen atoms in total. The number of hydrogen-bond donors (Lipinski definition) is 1. The van der Waals surface area contributed by atoms with E-state index in [0.717, 1.165) is 18.8 Å². The van der Waals surface area contributed by atoms with Crippen LogP contribution in [0.4, 0.5) is 11.4 Å². The van der Waals surface area contributed by atoms with Gasteiger partial charge in [0.15, 0.2) is 0 Å². The topological polar surface area (TPSA) is 50.8 Å². The van der Waals surface area contributed by atoms with E-state index in [9.17, 15) is 4.79 Å². The average molecular weight is 313 g/mol. The van der Waals surface area contributed by atoms with Gasteiger partial charge in [-0.1, -0.05) is 0 Å². The van der Waals surface area contributed by atoms with Gasteiger partial charge in [-0.2, -0.15) is 0 Å². The summed E-state index contributed by atoms with van der Waals surface area (Å²) in [5.41, 5.74) is 1.50. The van der Waals surface area contributed by atoms with Gasteiger partial charge in [-0.05, 0) is 26.0 Å². The minimum Gasteiger partial charge on any atom is -0.494 e. The minimum atomic E-state index is -0.254. The molecule has 0 unspecified atom stereocenters. The van der Waals surface area contributed by atoms with Crippen LogP contribution >= 0.6 is 11.6 Å². The summed E-state index contributed by atoms with van der Waals surface area (Å²) in [6.07, 6.45) is 0. The molecular weight excluding hydrogens is 292 g/mol. The highest BCUT2D eigenvalue weighted by Gasteiger charge is 2.27. The van der Waals surface area contributed by atoms with E-state index in [1.54, 1.807) is 7.11 Å². The third-order valence-corrected chi connectivity index (χ3v) is 3.61. The zero-order valence-corrected chi connectivity index (χ0v) is 13.4. The largest absolute Gasteiger partial charge is 0.494 e. The van der Waals surface area contributed by atoms with Crippen molar-refractivity contribution >= 4 is 28.9 Å². The molecule has 1 aromatic rings. The van der Waals surface area contributed by atoms with E-state index in [1.807, 2.05) is 18.2 Å². The zero-order chi connectivity index (χ0) is 15.5. The van der Waals surface area contributed by atoms with Crippen LogP contribution in [0.3, 0.4) is 0 Å². The van der Waals surface area contributed by atoms with Gasteiger partial charge in [-0.3, -0.25) is 4.79 Å². The standard InChI is InChI=1S/C15H21ClN2O3/c1-15(2)10-18(6-7-21-15)11-4-5-12(13(8-11)20-3)17-14(19)9-16/h4-5,8H,6-7,9-10H2,1-3H3,(H,17,19).